The molecule has 2 heterocycles. The number of nitrogens with one attached hydrogen (secondary N) is 1. The number of esters is 1. The van der Waals surface area contributed by atoms with Gasteiger partial charge in [0, 0.05) is 18.7 Å². The number of fused-ring (bicyclic) bond motifs is 2. The van der Waals surface area contributed by atoms with Crippen molar-refractivity contribution in [2.24, 2.45) is 0 Å². The topological polar surface area (TPSA) is 67.9 Å². The maximum Gasteiger partial charge on any atom is 0.339 e. The van der Waals surface area contributed by atoms with E-state index in [9.17, 15) is 9.59 Å². The number of rotatable bonds is 3. The van der Waals surface area contributed by atoms with Crippen molar-refractivity contribution in [3.63, 3.8) is 0 Å². The van der Waals surface area contributed by atoms with Gasteiger partial charge >= 0.3 is 12.0 Å². The Bertz CT molecular complexity index is 865. The molecule has 0 saturated carbocycles. The Morgan fingerprint density at radius 2 is 2.00 bits per heavy atom. The van der Waals surface area contributed by atoms with E-state index in [1.165, 1.54) is 0 Å². The first kappa shape index (κ1) is 17.4. The molecular weight excluding hydrogens is 344 g/mol. The summed E-state index contributed by atoms with van der Waals surface area (Å²) in [5.74, 6) is 0.482. The number of likely N-dealkylation sites (tertiary alicyclic amines) is 1. The monoisotopic (exact) mass is 366 g/mol. The highest BCUT2D eigenvalue weighted by Gasteiger charge is 2.48. The summed E-state index contributed by atoms with van der Waals surface area (Å²) in [5, 5.41) is 2.95. The van der Waals surface area contributed by atoms with Crippen molar-refractivity contribution in [3.05, 3.63) is 65.2 Å². The Hall–Kier alpha value is -3.02. The molecule has 1 atom stereocenters. The SMILES string of the molecule is COc1ccc(CNC(=O)N2CCCC3(C2)OC(=O)c2ccccc23)cc1. The zero-order valence-electron chi connectivity index (χ0n) is 15.2. The van der Waals surface area contributed by atoms with Crippen LogP contribution >= 0.6 is 0 Å². The van der Waals surface area contributed by atoms with E-state index in [1.54, 1.807) is 18.1 Å². The first-order valence-corrected chi connectivity index (χ1v) is 9.10. The molecule has 2 amide bonds. The second kappa shape index (κ2) is 6.95. The summed E-state index contributed by atoms with van der Waals surface area (Å²) >= 11 is 0. The normalized spacial score (nSPS) is 20.9. The van der Waals surface area contributed by atoms with E-state index in [2.05, 4.69) is 5.32 Å². The van der Waals surface area contributed by atoms with Crippen LogP contribution in [-0.4, -0.2) is 37.1 Å². The Balaban J connectivity index is 1.44. The van der Waals surface area contributed by atoms with Crippen LogP contribution in [0.4, 0.5) is 4.79 Å². The Morgan fingerprint density at radius 3 is 2.78 bits per heavy atom. The van der Waals surface area contributed by atoms with Gasteiger partial charge in [0.05, 0.1) is 19.2 Å². The molecule has 0 bridgehead atoms. The molecule has 1 fully saturated rings. The number of piperidine rings is 1. The number of carbonyl (C=O) groups is 2. The van der Waals surface area contributed by atoms with Gasteiger partial charge in [-0.3, -0.25) is 0 Å². The fourth-order valence-corrected chi connectivity index (χ4v) is 3.88. The molecule has 1 unspecified atom stereocenters. The van der Waals surface area contributed by atoms with Crippen molar-refractivity contribution >= 4 is 12.0 Å². The van der Waals surface area contributed by atoms with Crippen molar-refractivity contribution in [2.45, 2.75) is 25.0 Å². The maximum absolute atomic E-state index is 12.7. The van der Waals surface area contributed by atoms with Crippen molar-refractivity contribution in [1.29, 1.82) is 0 Å². The van der Waals surface area contributed by atoms with E-state index in [4.69, 9.17) is 9.47 Å². The van der Waals surface area contributed by atoms with Crippen LogP contribution in [0.3, 0.4) is 0 Å². The van der Waals surface area contributed by atoms with Crippen LogP contribution in [-0.2, 0) is 16.9 Å². The molecule has 2 aromatic carbocycles. The lowest BCUT2D eigenvalue weighted by atomic mass is 9.85. The van der Waals surface area contributed by atoms with E-state index in [1.807, 2.05) is 42.5 Å². The third-order valence-electron chi connectivity index (χ3n) is 5.27. The highest BCUT2D eigenvalue weighted by atomic mass is 16.6. The molecule has 6 nitrogen and oxygen atoms in total. The summed E-state index contributed by atoms with van der Waals surface area (Å²) < 4.78 is 10.9. The van der Waals surface area contributed by atoms with Crippen LogP contribution in [0, 0.1) is 0 Å². The first-order valence-electron chi connectivity index (χ1n) is 9.10. The van der Waals surface area contributed by atoms with E-state index >= 15 is 0 Å². The minimum absolute atomic E-state index is 0.148. The van der Waals surface area contributed by atoms with Crippen LogP contribution < -0.4 is 10.1 Å². The van der Waals surface area contributed by atoms with E-state index < -0.39 is 5.60 Å². The van der Waals surface area contributed by atoms with Gasteiger partial charge in [-0.05, 0) is 36.6 Å². The highest BCUT2D eigenvalue weighted by Crippen LogP contribution is 2.42. The zero-order chi connectivity index (χ0) is 18.9. The summed E-state index contributed by atoms with van der Waals surface area (Å²) in [5.41, 5.74) is 1.78. The largest absolute Gasteiger partial charge is 0.497 e. The van der Waals surface area contributed by atoms with Crippen molar-refractivity contribution in [2.75, 3.05) is 20.2 Å². The molecule has 0 aromatic heterocycles. The third kappa shape index (κ3) is 3.23. The van der Waals surface area contributed by atoms with Gasteiger partial charge in [-0.1, -0.05) is 30.3 Å². The van der Waals surface area contributed by atoms with Crippen LogP contribution in [0.25, 0.3) is 0 Å². The Morgan fingerprint density at radius 1 is 1.22 bits per heavy atom. The molecule has 4 rings (SSSR count). The van der Waals surface area contributed by atoms with Gasteiger partial charge in [0.2, 0.25) is 0 Å². The van der Waals surface area contributed by atoms with Crippen LogP contribution in [0.15, 0.2) is 48.5 Å². The Kier molecular flexibility index (Phi) is 4.48. The number of amides is 2. The van der Waals surface area contributed by atoms with Crippen molar-refractivity contribution < 1.29 is 19.1 Å². The fourth-order valence-electron chi connectivity index (χ4n) is 3.88. The molecule has 2 aromatic rings. The van der Waals surface area contributed by atoms with Gasteiger partial charge in [-0.2, -0.15) is 0 Å². The second-order valence-electron chi connectivity index (χ2n) is 6.96. The molecule has 140 valence electrons. The molecule has 6 heteroatoms. The summed E-state index contributed by atoms with van der Waals surface area (Å²) in [4.78, 5) is 26.6. The number of ether oxygens (including phenoxy) is 2. The second-order valence-corrected chi connectivity index (χ2v) is 6.96. The zero-order valence-corrected chi connectivity index (χ0v) is 15.2. The number of benzene rings is 2. The number of urea groups is 1. The minimum atomic E-state index is -0.719. The predicted molar refractivity (Wildman–Crippen MR) is 99.6 cm³/mol. The van der Waals surface area contributed by atoms with Crippen LogP contribution in [0.2, 0.25) is 0 Å². The number of nitrogens with zero attached hydrogens (tertiary/aromatic N) is 1. The molecule has 27 heavy (non-hydrogen) atoms. The van der Waals surface area contributed by atoms with Gasteiger partial charge in [0.15, 0.2) is 5.60 Å². The van der Waals surface area contributed by atoms with Crippen molar-refractivity contribution in [3.8, 4) is 5.75 Å². The number of methoxy groups -OCH3 is 1. The maximum atomic E-state index is 12.7. The first-order chi connectivity index (χ1) is 13.1. The van der Waals surface area contributed by atoms with Gasteiger partial charge < -0.3 is 19.7 Å². The summed E-state index contributed by atoms with van der Waals surface area (Å²) in [6, 6.07) is 14.9. The lowest BCUT2D eigenvalue weighted by molar-refractivity contribution is -0.0410. The van der Waals surface area contributed by atoms with Crippen LogP contribution in [0.5, 0.6) is 5.75 Å². The quantitative estimate of drug-likeness (QED) is 0.848. The average molecular weight is 366 g/mol. The lowest BCUT2D eigenvalue weighted by Crippen LogP contribution is -2.51. The molecule has 2 aliphatic heterocycles. The highest BCUT2D eigenvalue weighted by molar-refractivity contribution is 5.95. The van der Waals surface area contributed by atoms with Gasteiger partial charge in [-0.15, -0.1) is 0 Å². The lowest BCUT2D eigenvalue weighted by Gasteiger charge is -2.39. The number of hydrogen-bond donors (Lipinski definition) is 1. The molecular formula is C21H22N2O4. The smallest absolute Gasteiger partial charge is 0.339 e. The summed E-state index contributed by atoms with van der Waals surface area (Å²) in [6.07, 6.45) is 1.52. The molecule has 0 aliphatic carbocycles. The summed E-state index contributed by atoms with van der Waals surface area (Å²) in [7, 11) is 1.62. The van der Waals surface area contributed by atoms with Crippen molar-refractivity contribution in [1.82, 2.24) is 10.2 Å². The number of carbonyl (C=O) groups excluding carboxylic acids is 2. The molecule has 1 spiro atoms. The molecule has 1 N–H and O–H groups in total. The standard InChI is InChI=1S/C21H22N2O4/c1-26-16-9-7-15(8-10-16)13-22-20(25)23-12-4-11-21(14-23)18-6-3-2-5-17(18)19(24)27-21/h2-3,5-10H,4,11-14H2,1H3,(H,22,25). The fraction of sp³-hybridized carbons (Fsp3) is 0.333. The minimum Gasteiger partial charge on any atom is -0.497 e. The third-order valence-corrected chi connectivity index (χ3v) is 5.27. The molecule has 2 aliphatic rings. The summed E-state index contributed by atoms with van der Waals surface area (Å²) in [6.45, 7) is 1.46. The Labute approximate surface area is 158 Å². The predicted octanol–water partition coefficient (Wildman–Crippen LogP) is 3.07. The van der Waals surface area contributed by atoms with Gasteiger partial charge in [0.1, 0.15) is 5.75 Å². The van der Waals surface area contributed by atoms with Gasteiger partial charge in [0.25, 0.3) is 0 Å². The van der Waals surface area contributed by atoms with E-state index in [-0.39, 0.29) is 12.0 Å². The van der Waals surface area contributed by atoms with E-state index in [0.29, 0.717) is 25.2 Å². The molecule has 1 saturated heterocycles. The molecule has 0 radical (unpaired) electrons. The number of hydrogen-bond acceptors (Lipinski definition) is 4. The van der Waals surface area contributed by atoms with E-state index in [0.717, 1.165) is 29.7 Å². The van der Waals surface area contributed by atoms with Gasteiger partial charge in [-0.25, -0.2) is 9.59 Å². The van der Waals surface area contributed by atoms with Crippen LogP contribution in [0.1, 0.15) is 34.3 Å². The average Bonchev–Trinajstić information content (AvgIpc) is 2.98.